The van der Waals surface area contributed by atoms with E-state index in [0.29, 0.717) is 4.47 Å². The number of amides is 1. The highest BCUT2D eigenvalue weighted by Crippen LogP contribution is 2.29. The van der Waals surface area contributed by atoms with Gasteiger partial charge in [-0.15, -0.1) is 0 Å². The number of esters is 1. The lowest BCUT2D eigenvalue weighted by atomic mass is 10.1. The van der Waals surface area contributed by atoms with E-state index in [1.807, 2.05) is 0 Å². The lowest BCUT2D eigenvalue weighted by Crippen LogP contribution is -2.20. The lowest BCUT2D eigenvalue weighted by molar-refractivity contribution is -0.142. The zero-order valence-corrected chi connectivity index (χ0v) is 15.1. The topological polar surface area (TPSA) is 55.4 Å². The van der Waals surface area contributed by atoms with Crippen LogP contribution in [-0.2, 0) is 20.5 Å². The highest BCUT2D eigenvalue weighted by molar-refractivity contribution is 9.10. The number of hydrogen-bond donors (Lipinski definition) is 1. The standard InChI is InChI=1S/C18H12BrF4NO3/c19-13-5-6-15(14(20)9-13)24-16(25)10-27-17(26)7-4-11-2-1-3-12(8-11)18(21,22)23/h1-9H,10H2,(H,24,25). The first-order valence-corrected chi connectivity index (χ1v) is 8.21. The number of carbonyl (C=O) groups excluding carboxylic acids is 2. The van der Waals surface area contributed by atoms with Gasteiger partial charge in [-0.1, -0.05) is 28.1 Å². The van der Waals surface area contributed by atoms with Crippen LogP contribution in [0.1, 0.15) is 11.1 Å². The molecule has 0 radical (unpaired) electrons. The second-order valence-electron chi connectivity index (χ2n) is 5.24. The van der Waals surface area contributed by atoms with Crippen LogP contribution < -0.4 is 5.32 Å². The first kappa shape index (κ1) is 20.6. The van der Waals surface area contributed by atoms with Gasteiger partial charge in [0.05, 0.1) is 11.3 Å². The Kier molecular flexibility index (Phi) is 6.73. The molecule has 0 aliphatic rings. The summed E-state index contributed by atoms with van der Waals surface area (Å²) >= 11 is 3.07. The fourth-order valence-corrected chi connectivity index (χ4v) is 2.28. The Labute approximate surface area is 160 Å². The molecule has 0 saturated heterocycles. The maximum Gasteiger partial charge on any atom is 0.416 e. The first-order chi connectivity index (χ1) is 12.6. The van der Waals surface area contributed by atoms with E-state index < -0.39 is 36.0 Å². The summed E-state index contributed by atoms with van der Waals surface area (Å²) in [5, 5.41) is 2.23. The number of nitrogens with one attached hydrogen (secondary N) is 1. The molecule has 0 atom stereocenters. The van der Waals surface area contributed by atoms with Gasteiger partial charge in [0.25, 0.3) is 5.91 Å². The zero-order valence-electron chi connectivity index (χ0n) is 13.5. The second-order valence-corrected chi connectivity index (χ2v) is 6.15. The first-order valence-electron chi connectivity index (χ1n) is 7.42. The second kappa shape index (κ2) is 8.81. The molecule has 0 heterocycles. The minimum atomic E-state index is -4.50. The highest BCUT2D eigenvalue weighted by Gasteiger charge is 2.30. The predicted molar refractivity (Wildman–Crippen MR) is 94.2 cm³/mol. The molecule has 0 aromatic heterocycles. The van der Waals surface area contributed by atoms with Crippen LogP contribution in [0.4, 0.5) is 23.2 Å². The Bertz CT molecular complexity index is 881. The summed E-state index contributed by atoms with van der Waals surface area (Å²) in [7, 11) is 0. The van der Waals surface area contributed by atoms with Crippen LogP contribution in [0, 0.1) is 5.82 Å². The Morgan fingerprint density at radius 1 is 1.15 bits per heavy atom. The average molecular weight is 446 g/mol. The number of ether oxygens (including phenoxy) is 1. The Hall–Kier alpha value is -2.68. The van der Waals surface area contributed by atoms with Crippen LogP contribution in [0.25, 0.3) is 6.08 Å². The van der Waals surface area contributed by atoms with Crippen molar-refractivity contribution in [1.82, 2.24) is 0 Å². The molecule has 0 bridgehead atoms. The maximum absolute atomic E-state index is 13.6. The molecule has 0 unspecified atom stereocenters. The molecule has 0 aliphatic heterocycles. The molecule has 1 N–H and O–H groups in total. The van der Waals surface area contributed by atoms with Gasteiger partial charge in [-0.2, -0.15) is 13.2 Å². The Morgan fingerprint density at radius 2 is 1.89 bits per heavy atom. The number of benzene rings is 2. The van der Waals surface area contributed by atoms with Crippen LogP contribution in [0.3, 0.4) is 0 Å². The van der Waals surface area contributed by atoms with E-state index in [1.54, 1.807) is 0 Å². The number of halogens is 5. The minimum absolute atomic E-state index is 0.0845. The van der Waals surface area contributed by atoms with Gasteiger partial charge in [0.2, 0.25) is 0 Å². The molecule has 9 heteroatoms. The largest absolute Gasteiger partial charge is 0.452 e. The van der Waals surface area contributed by atoms with E-state index in [1.165, 1.54) is 24.3 Å². The van der Waals surface area contributed by atoms with Crippen LogP contribution in [0.15, 0.2) is 53.0 Å². The minimum Gasteiger partial charge on any atom is -0.452 e. The molecule has 2 rings (SSSR count). The van der Waals surface area contributed by atoms with Crippen molar-refractivity contribution in [3.63, 3.8) is 0 Å². The van der Waals surface area contributed by atoms with Gasteiger partial charge < -0.3 is 10.1 Å². The molecule has 0 spiro atoms. The summed E-state index contributed by atoms with van der Waals surface area (Å²) in [6, 6.07) is 8.35. The van der Waals surface area contributed by atoms with E-state index in [2.05, 4.69) is 26.0 Å². The predicted octanol–water partition coefficient (Wildman–Crippen LogP) is 4.80. The molecule has 0 aliphatic carbocycles. The van der Waals surface area contributed by atoms with Crippen LogP contribution in [-0.4, -0.2) is 18.5 Å². The molecule has 142 valence electrons. The molecular formula is C18H12BrF4NO3. The van der Waals surface area contributed by atoms with Gasteiger partial charge in [0, 0.05) is 10.5 Å². The fraction of sp³-hybridized carbons (Fsp3) is 0.111. The van der Waals surface area contributed by atoms with E-state index >= 15 is 0 Å². The van der Waals surface area contributed by atoms with Crippen molar-refractivity contribution in [2.24, 2.45) is 0 Å². The molecule has 2 aromatic rings. The zero-order chi connectivity index (χ0) is 20.0. The summed E-state index contributed by atoms with van der Waals surface area (Å²) in [6.07, 6.45) is -2.47. The third-order valence-corrected chi connectivity index (χ3v) is 3.67. The lowest BCUT2D eigenvalue weighted by Gasteiger charge is -2.07. The van der Waals surface area contributed by atoms with Crippen molar-refractivity contribution in [2.75, 3.05) is 11.9 Å². The monoisotopic (exact) mass is 445 g/mol. The SMILES string of the molecule is O=C(COC(=O)C=Cc1cccc(C(F)(F)F)c1)Nc1ccc(Br)cc1F. The van der Waals surface area contributed by atoms with Crippen molar-refractivity contribution in [3.05, 3.63) is 70.0 Å². The molecule has 4 nitrogen and oxygen atoms in total. The molecule has 0 fully saturated rings. The van der Waals surface area contributed by atoms with Gasteiger partial charge in [0.1, 0.15) is 5.82 Å². The quantitative estimate of drug-likeness (QED) is 0.408. The van der Waals surface area contributed by atoms with Gasteiger partial charge in [0.15, 0.2) is 6.61 Å². The summed E-state index contributed by atoms with van der Waals surface area (Å²) in [5.74, 6) is -2.37. The van der Waals surface area contributed by atoms with Crippen LogP contribution in [0.5, 0.6) is 0 Å². The van der Waals surface area contributed by atoms with E-state index in [0.717, 1.165) is 30.4 Å². The summed E-state index contributed by atoms with van der Waals surface area (Å²) in [4.78, 5) is 23.2. The molecule has 2 aromatic carbocycles. The van der Waals surface area contributed by atoms with Crippen LogP contribution in [0.2, 0.25) is 0 Å². The third-order valence-electron chi connectivity index (χ3n) is 3.18. The van der Waals surface area contributed by atoms with Crippen molar-refractivity contribution in [2.45, 2.75) is 6.18 Å². The Morgan fingerprint density at radius 3 is 2.56 bits per heavy atom. The molecule has 0 saturated carbocycles. The van der Waals surface area contributed by atoms with Crippen molar-refractivity contribution in [3.8, 4) is 0 Å². The Balaban J connectivity index is 1.88. The van der Waals surface area contributed by atoms with Gasteiger partial charge in [-0.3, -0.25) is 4.79 Å². The number of rotatable bonds is 5. The number of hydrogen-bond acceptors (Lipinski definition) is 3. The maximum atomic E-state index is 13.6. The third kappa shape index (κ3) is 6.52. The fourth-order valence-electron chi connectivity index (χ4n) is 1.94. The van der Waals surface area contributed by atoms with Crippen molar-refractivity contribution < 1.29 is 31.9 Å². The van der Waals surface area contributed by atoms with Crippen molar-refractivity contribution >= 4 is 39.6 Å². The summed E-state index contributed by atoms with van der Waals surface area (Å²) in [6.45, 7) is -0.679. The summed E-state index contributed by atoms with van der Waals surface area (Å²) < 4.78 is 56.6. The van der Waals surface area contributed by atoms with E-state index in [9.17, 15) is 27.2 Å². The molecular weight excluding hydrogens is 434 g/mol. The van der Waals surface area contributed by atoms with Gasteiger partial charge in [-0.05, 0) is 42.0 Å². The van der Waals surface area contributed by atoms with Gasteiger partial charge >= 0.3 is 12.1 Å². The molecule has 27 heavy (non-hydrogen) atoms. The van der Waals surface area contributed by atoms with Gasteiger partial charge in [-0.25, -0.2) is 9.18 Å². The van der Waals surface area contributed by atoms with Crippen molar-refractivity contribution in [1.29, 1.82) is 0 Å². The smallest absolute Gasteiger partial charge is 0.416 e. The molecule has 1 amide bonds. The highest BCUT2D eigenvalue weighted by atomic mass is 79.9. The summed E-state index contributed by atoms with van der Waals surface area (Å²) in [5.41, 5.74) is -0.796. The van der Waals surface area contributed by atoms with E-state index in [-0.39, 0.29) is 11.3 Å². The van der Waals surface area contributed by atoms with Crippen LogP contribution >= 0.6 is 15.9 Å². The average Bonchev–Trinajstić information content (AvgIpc) is 2.60. The number of carbonyl (C=O) groups is 2. The van der Waals surface area contributed by atoms with E-state index in [4.69, 9.17) is 0 Å². The number of anilines is 1. The normalized spacial score (nSPS) is 11.4. The number of alkyl halides is 3.